The maximum absolute atomic E-state index is 14.5. The fourth-order valence-corrected chi connectivity index (χ4v) is 4.48. The fourth-order valence-electron chi connectivity index (χ4n) is 3.05. The Morgan fingerprint density at radius 3 is 2.34 bits per heavy atom. The predicted molar refractivity (Wildman–Crippen MR) is 135 cm³/mol. The number of hydrazone groups is 1. The fraction of sp³-hybridized carbons (Fsp3) is 0.231. The van der Waals surface area contributed by atoms with Crippen molar-refractivity contribution in [1.29, 1.82) is 0 Å². The number of amides is 1. The Morgan fingerprint density at radius 2 is 1.71 bits per heavy atom. The van der Waals surface area contributed by atoms with E-state index in [9.17, 15) is 17.6 Å². The number of aryl methyl sites for hydroxylation is 1. The van der Waals surface area contributed by atoms with Crippen molar-refractivity contribution in [3.63, 3.8) is 0 Å². The number of hydrogen-bond acceptors (Lipinski definition) is 5. The molecule has 3 rings (SSSR count). The molecule has 0 atom stereocenters. The number of carbonyl (C=O) groups excluding carboxylic acids is 1. The van der Waals surface area contributed by atoms with Crippen LogP contribution in [0.15, 0.2) is 82.8 Å². The van der Waals surface area contributed by atoms with Gasteiger partial charge < -0.3 is 4.74 Å². The maximum Gasteiger partial charge on any atom is 0.264 e. The Bertz CT molecular complexity index is 1270. The van der Waals surface area contributed by atoms with Crippen LogP contribution in [0.5, 0.6) is 5.75 Å². The lowest BCUT2D eigenvalue weighted by Crippen LogP contribution is -2.40. The van der Waals surface area contributed by atoms with Crippen LogP contribution in [0.4, 0.5) is 10.1 Å². The van der Waals surface area contributed by atoms with Gasteiger partial charge in [-0.15, -0.1) is 0 Å². The molecule has 0 aliphatic heterocycles. The average Bonchev–Trinajstić information content (AvgIpc) is 2.83. The van der Waals surface area contributed by atoms with Crippen molar-refractivity contribution in [3.05, 3.63) is 89.7 Å². The number of benzene rings is 3. The number of para-hydroxylation sites is 1. The SMILES string of the molecule is Cc1ccc(S(=O)(=O)N(CC(=O)N/N=C\c2ccc(OCC(C)C)cc2)c2ccccc2F)cc1. The summed E-state index contributed by atoms with van der Waals surface area (Å²) < 4.78 is 47.5. The number of carbonyl (C=O) groups is 1. The van der Waals surface area contributed by atoms with Crippen molar-refractivity contribution >= 4 is 27.8 Å². The number of anilines is 1. The van der Waals surface area contributed by atoms with Gasteiger partial charge >= 0.3 is 0 Å². The second-order valence-corrected chi connectivity index (χ2v) is 10.2. The second kappa shape index (κ2) is 11.6. The molecule has 0 radical (unpaired) electrons. The van der Waals surface area contributed by atoms with Crippen molar-refractivity contribution in [2.24, 2.45) is 11.0 Å². The van der Waals surface area contributed by atoms with Crippen molar-refractivity contribution in [1.82, 2.24) is 5.43 Å². The molecule has 0 heterocycles. The van der Waals surface area contributed by atoms with Crippen molar-refractivity contribution < 1.29 is 22.3 Å². The minimum atomic E-state index is -4.22. The van der Waals surface area contributed by atoms with Crippen LogP contribution in [-0.4, -0.2) is 33.7 Å². The number of halogens is 1. The van der Waals surface area contributed by atoms with Gasteiger partial charge in [-0.1, -0.05) is 43.7 Å². The summed E-state index contributed by atoms with van der Waals surface area (Å²) in [5, 5.41) is 3.90. The molecule has 0 aliphatic rings. The summed E-state index contributed by atoms with van der Waals surface area (Å²) in [6.45, 7) is 5.89. The summed E-state index contributed by atoms with van der Waals surface area (Å²) in [5.41, 5.74) is 3.65. The maximum atomic E-state index is 14.5. The number of sulfonamides is 1. The van der Waals surface area contributed by atoms with Crippen LogP contribution in [0.25, 0.3) is 0 Å². The molecule has 0 bridgehead atoms. The summed E-state index contributed by atoms with van der Waals surface area (Å²) in [7, 11) is -4.22. The first-order valence-corrected chi connectivity index (χ1v) is 12.5. The van der Waals surface area contributed by atoms with Crippen LogP contribution in [-0.2, 0) is 14.8 Å². The van der Waals surface area contributed by atoms with Gasteiger partial charge in [0.05, 0.1) is 23.4 Å². The molecule has 9 heteroatoms. The molecular formula is C26H28FN3O4S. The summed E-state index contributed by atoms with van der Waals surface area (Å²) >= 11 is 0. The van der Waals surface area contributed by atoms with Crippen molar-refractivity contribution in [3.8, 4) is 5.75 Å². The van der Waals surface area contributed by atoms with Crippen LogP contribution >= 0.6 is 0 Å². The third-order valence-electron chi connectivity index (χ3n) is 4.88. The van der Waals surface area contributed by atoms with Gasteiger partial charge in [0.15, 0.2) is 0 Å². The molecule has 0 fully saturated rings. The zero-order valence-corrected chi connectivity index (χ0v) is 20.6. The molecule has 0 unspecified atom stereocenters. The third kappa shape index (κ3) is 7.13. The topological polar surface area (TPSA) is 88.1 Å². The molecule has 3 aromatic carbocycles. The quantitative estimate of drug-likeness (QED) is 0.330. The first-order valence-electron chi connectivity index (χ1n) is 11.1. The van der Waals surface area contributed by atoms with Crippen molar-refractivity contribution in [2.75, 3.05) is 17.5 Å². The molecule has 0 spiro atoms. The average molecular weight is 498 g/mol. The molecule has 0 saturated heterocycles. The normalized spacial score (nSPS) is 11.6. The van der Waals surface area contributed by atoms with Gasteiger partial charge in [-0.3, -0.25) is 9.10 Å². The van der Waals surface area contributed by atoms with Crippen LogP contribution in [0.2, 0.25) is 0 Å². The van der Waals surface area contributed by atoms with E-state index in [2.05, 4.69) is 24.4 Å². The molecule has 0 saturated carbocycles. The Labute approximate surface area is 205 Å². The minimum Gasteiger partial charge on any atom is -0.493 e. The Hall–Kier alpha value is -3.72. The van der Waals surface area contributed by atoms with Gasteiger partial charge in [0, 0.05) is 0 Å². The van der Waals surface area contributed by atoms with Gasteiger partial charge in [0.25, 0.3) is 15.9 Å². The highest BCUT2D eigenvalue weighted by Crippen LogP contribution is 2.26. The molecule has 3 aromatic rings. The molecule has 0 aromatic heterocycles. The van der Waals surface area contributed by atoms with Crippen LogP contribution in [0.3, 0.4) is 0 Å². The number of ether oxygens (including phenoxy) is 1. The van der Waals surface area contributed by atoms with E-state index in [1.807, 2.05) is 6.92 Å². The lowest BCUT2D eigenvalue weighted by molar-refractivity contribution is -0.119. The number of nitrogens with zero attached hydrogens (tertiary/aromatic N) is 2. The van der Waals surface area contributed by atoms with E-state index in [1.54, 1.807) is 36.4 Å². The number of hydrogen-bond donors (Lipinski definition) is 1. The van der Waals surface area contributed by atoms with Gasteiger partial charge in [-0.05, 0) is 66.9 Å². The Kier molecular flexibility index (Phi) is 8.59. The molecular weight excluding hydrogens is 469 g/mol. The summed E-state index contributed by atoms with van der Waals surface area (Å²) in [4.78, 5) is 12.5. The third-order valence-corrected chi connectivity index (χ3v) is 6.66. The number of nitrogens with one attached hydrogen (secondary N) is 1. The van der Waals surface area contributed by atoms with Gasteiger partial charge in [0.2, 0.25) is 0 Å². The highest BCUT2D eigenvalue weighted by atomic mass is 32.2. The van der Waals surface area contributed by atoms with Gasteiger partial charge in [-0.25, -0.2) is 18.2 Å². The molecule has 35 heavy (non-hydrogen) atoms. The lowest BCUT2D eigenvalue weighted by atomic mass is 10.2. The van der Waals surface area contributed by atoms with Crippen molar-refractivity contribution in [2.45, 2.75) is 25.7 Å². The van der Waals surface area contributed by atoms with E-state index in [4.69, 9.17) is 4.74 Å². The standard InChI is InChI=1S/C26H28FN3O4S/c1-19(2)18-34-22-12-10-21(11-13-22)16-28-29-26(31)17-30(25-7-5-4-6-24(25)27)35(32,33)23-14-8-20(3)9-15-23/h4-16,19H,17-18H2,1-3H3,(H,29,31)/b28-16-. The van der Waals surface area contributed by atoms with Crippen LogP contribution in [0.1, 0.15) is 25.0 Å². The monoisotopic (exact) mass is 497 g/mol. The zero-order chi connectivity index (χ0) is 25.4. The summed E-state index contributed by atoms with van der Waals surface area (Å²) in [6.07, 6.45) is 1.42. The first-order chi connectivity index (χ1) is 16.7. The van der Waals surface area contributed by atoms with Gasteiger partial charge in [-0.2, -0.15) is 5.10 Å². The second-order valence-electron chi connectivity index (χ2n) is 8.34. The molecule has 7 nitrogen and oxygen atoms in total. The summed E-state index contributed by atoms with van der Waals surface area (Å²) in [5.74, 6) is -0.358. The van der Waals surface area contributed by atoms with E-state index in [0.29, 0.717) is 18.1 Å². The largest absolute Gasteiger partial charge is 0.493 e. The van der Waals surface area contributed by atoms with Gasteiger partial charge in [0.1, 0.15) is 18.1 Å². The van der Waals surface area contributed by atoms with E-state index in [-0.39, 0.29) is 10.6 Å². The van der Waals surface area contributed by atoms with E-state index >= 15 is 0 Å². The van der Waals surface area contributed by atoms with E-state index < -0.39 is 28.3 Å². The first kappa shape index (κ1) is 25.9. The summed E-state index contributed by atoms with van der Waals surface area (Å²) in [6, 6.07) is 18.6. The molecule has 0 aliphatic carbocycles. The molecule has 1 N–H and O–H groups in total. The predicted octanol–water partition coefficient (Wildman–Crippen LogP) is 4.51. The van der Waals surface area contributed by atoms with Crippen LogP contribution < -0.4 is 14.5 Å². The Balaban J connectivity index is 1.74. The van der Waals surface area contributed by atoms with Crippen LogP contribution in [0, 0.1) is 18.7 Å². The zero-order valence-electron chi connectivity index (χ0n) is 19.8. The molecule has 1 amide bonds. The van der Waals surface area contributed by atoms with E-state index in [0.717, 1.165) is 21.7 Å². The highest BCUT2D eigenvalue weighted by Gasteiger charge is 2.29. The smallest absolute Gasteiger partial charge is 0.264 e. The Morgan fingerprint density at radius 1 is 1.06 bits per heavy atom. The highest BCUT2D eigenvalue weighted by molar-refractivity contribution is 7.92. The molecule has 184 valence electrons. The lowest BCUT2D eigenvalue weighted by Gasteiger charge is -2.24. The van der Waals surface area contributed by atoms with E-state index in [1.165, 1.54) is 36.5 Å². The minimum absolute atomic E-state index is 0.0533. The number of rotatable bonds is 10.